The van der Waals surface area contributed by atoms with Crippen LogP contribution in [0.15, 0.2) is 59.4 Å². The van der Waals surface area contributed by atoms with E-state index in [0.717, 1.165) is 16.5 Å². The highest BCUT2D eigenvalue weighted by atomic mass is 16.5. The first kappa shape index (κ1) is 15.7. The summed E-state index contributed by atoms with van der Waals surface area (Å²) in [6, 6.07) is 14.6. The van der Waals surface area contributed by atoms with E-state index in [1.807, 2.05) is 25.1 Å². The molecule has 4 nitrogen and oxygen atoms in total. The summed E-state index contributed by atoms with van der Waals surface area (Å²) in [4.78, 5) is 27.3. The summed E-state index contributed by atoms with van der Waals surface area (Å²) in [6.45, 7) is 1.99. The molecule has 0 radical (unpaired) electrons. The second kappa shape index (κ2) is 6.54. The van der Waals surface area contributed by atoms with Gasteiger partial charge in [-0.25, -0.2) is 0 Å². The smallest absolute Gasteiger partial charge is 0.255 e. The number of carbonyl (C=O) groups is 1. The molecule has 1 heterocycles. The lowest BCUT2D eigenvalue weighted by Crippen LogP contribution is -2.09. The molecule has 2 aromatic carbocycles. The molecule has 3 rings (SSSR count). The van der Waals surface area contributed by atoms with Crippen molar-refractivity contribution in [1.29, 1.82) is 0 Å². The number of ether oxygens (including phenoxy) is 1. The number of benzene rings is 2. The fourth-order valence-corrected chi connectivity index (χ4v) is 2.57. The second-order valence-electron chi connectivity index (χ2n) is 5.54. The van der Waals surface area contributed by atoms with Gasteiger partial charge in [0.1, 0.15) is 5.75 Å². The van der Waals surface area contributed by atoms with E-state index < -0.39 is 0 Å². The highest BCUT2D eigenvalue weighted by Crippen LogP contribution is 2.19. The van der Waals surface area contributed by atoms with E-state index in [4.69, 9.17) is 4.74 Å². The van der Waals surface area contributed by atoms with Gasteiger partial charge in [-0.05, 0) is 54.8 Å². The third-order valence-electron chi connectivity index (χ3n) is 3.82. The van der Waals surface area contributed by atoms with Gasteiger partial charge in [-0.2, -0.15) is 0 Å². The SMILES string of the molecule is COc1ccccc1C(=O)/C=C/c1cc2cc(C)ccc2[nH]c1=O. The van der Waals surface area contributed by atoms with Crippen molar-refractivity contribution in [3.8, 4) is 5.75 Å². The summed E-state index contributed by atoms with van der Waals surface area (Å²) in [5.41, 5.74) is 2.56. The molecule has 0 saturated heterocycles. The van der Waals surface area contributed by atoms with E-state index in [2.05, 4.69) is 4.98 Å². The van der Waals surface area contributed by atoms with Crippen molar-refractivity contribution in [2.24, 2.45) is 0 Å². The molecule has 0 fully saturated rings. The molecular weight excluding hydrogens is 302 g/mol. The maximum atomic E-state index is 12.3. The molecule has 1 N–H and O–H groups in total. The molecule has 0 unspecified atom stereocenters. The number of allylic oxidation sites excluding steroid dienone is 1. The van der Waals surface area contributed by atoms with Crippen LogP contribution in [0.2, 0.25) is 0 Å². The van der Waals surface area contributed by atoms with Gasteiger partial charge in [-0.15, -0.1) is 0 Å². The van der Waals surface area contributed by atoms with E-state index in [0.29, 0.717) is 16.9 Å². The zero-order valence-electron chi connectivity index (χ0n) is 13.5. The van der Waals surface area contributed by atoms with Crippen LogP contribution in [0.25, 0.3) is 17.0 Å². The Morgan fingerprint density at radius 3 is 2.71 bits per heavy atom. The maximum Gasteiger partial charge on any atom is 0.255 e. The number of para-hydroxylation sites is 1. The van der Waals surface area contributed by atoms with Crippen LogP contribution < -0.4 is 10.3 Å². The van der Waals surface area contributed by atoms with Gasteiger partial charge in [0.05, 0.1) is 12.7 Å². The number of H-pyrrole nitrogens is 1. The van der Waals surface area contributed by atoms with Gasteiger partial charge in [0.25, 0.3) is 5.56 Å². The summed E-state index contributed by atoms with van der Waals surface area (Å²) in [5.74, 6) is 0.298. The van der Waals surface area contributed by atoms with Crippen molar-refractivity contribution in [3.63, 3.8) is 0 Å². The van der Waals surface area contributed by atoms with Crippen molar-refractivity contribution < 1.29 is 9.53 Å². The first-order valence-corrected chi connectivity index (χ1v) is 7.57. The molecule has 0 spiro atoms. The van der Waals surface area contributed by atoms with Crippen molar-refractivity contribution in [2.75, 3.05) is 7.11 Å². The number of aromatic amines is 1. The number of pyridine rings is 1. The van der Waals surface area contributed by atoms with Crippen LogP contribution >= 0.6 is 0 Å². The van der Waals surface area contributed by atoms with Gasteiger partial charge in [-0.3, -0.25) is 9.59 Å². The second-order valence-corrected chi connectivity index (χ2v) is 5.54. The quantitative estimate of drug-likeness (QED) is 0.588. The number of rotatable bonds is 4. The Hall–Kier alpha value is -3.14. The molecule has 0 aliphatic rings. The number of nitrogens with one attached hydrogen (secondary N) is 1. The monoisotopic (exact) mass is 319 g/mol. The largest absolute Gasteiger partial charge is 0.496 e. The molecule has 0 bridgehead atoms. The fraction of sp³-hybridized carbons (Fsp3) is 0.100. The molecule has 0 atom stereocenters. The lowest BCUT2D eigenvalue weighted by molar-refractivity contribution is 0.104. The number of methoxy groups -OCH3 is 1. The van der Waals surface area contributed by atoms with E-state index >= 15 is 0 Å². The molecule has 24 heavy (non-hydrogen) atoms. The van der Waals surface area contributed by atoms with Crippen molar-refractivity contribution in [3.05, 3.63) is 81.7 Å². The van der Waals surface area contributed by atoms with Crippen LogP contribution in [-0.2, 0) is 0 Å². The fourth-order valence-electron chi connectivity index (χ4n) is 2.57. The Morgan fingerprint density at radius 2 is 1.92 bits per heavy atom. The van der Waals surface area contributed by atoms with E-state index in [-0.39, 0.29) is 11.3 Å². The Balaban J connectivity index is 1.96. The van der Waals surface area contributed by atoms with E-state index in [9.17, 15) is 9.59 Å². The average molecular weight is 319 g/mol. The van der Waals surface area contributed by atoms with E-state index in [1.165, 1.54) is 19.3 Å². The summed E-state index contributed by atoms with van der Waals surface area (Å²) in [5, 5.41) is 0.930. The predicted molar refractivity (Wildman–Crippen MR) is 95.7 cm³/mol. The standard InChI is InChI=1S/C20H17NO3/c1-13-7-9-17-15(11-13)12-14(20(23)21-17)8-10-18(22)16-5-3-4-6-19(16)24-2/h3-12H,1-2H3,(H,21,23)/b10-8+. The number of fused-ring (bicyclic) bond motifs is 1. The Kier molecular flexibility index (Phi) is 4.29. The van der Waals surface area contributed by atoms with Gasteiger partial charge >= 0.3 is 0 Å². The Morgan fingerprint density at radius 1 is 1.12 bits per heavy atom. The topological polar surface area (TPSA) is 59.2 Å². The van der Waals surface area contributed by atoms with Crippen LogP contribution in [0.4, 0.5) is 0 Å². The third-order valence-corrected chi connectivity index (χ3v) is 3.82. The van der Waals surface area contributed by atoms with Gasteiger partial charge in [-0.1, -0.05) is 23.8 Å². The minimum Gasteiger partial charge on any atom is -0.496 e. The van der Waals surface area contributed by atoms with Crippen molar-refractivity contribution >= 4 is 22.8 Å². The maximum absolute atomic E-state index is 12.3. The van der Waals surface area contributed by atoms with Crippen LogP contribution in [0, 0.1) is 6.92 Å². The minimum atomic E-state index is -0.226. The van der Waals surface area contributed by atoms with Crippen LogP contribution in [-0.4, -0.2) is 17.9 Å². The normalized spacial score (nSPS) is 11.1. The molecular formula is C20H17NO3. The van der Waals surface area contributed by atoms with Crippen LogP contribution in [0.1, 0.15) is 21.5 Å². The summed E-state index contributed by atoms with van der Waals surface area (Å²) in [7, 11) is 1.52. The molecule has 120 valence electrons. The van der Waals surface area contributed by atoms with Crippen LogP contribution in [0.3, 0.4) is 0 Å². The zero-order chi connectivity index (χ0) is 17.1. The number of aromatic nitrogens is 1. The Labute approximate surface area is 139 Å². The lowest BCUT2D eigenvalue weighted by atomic mass is 10.1. The average Bonchev–Trinajstić information content (AvgIpc) is 2.60. The van der Waals surface area contributed by atoms with Gasteiger partial charge in [0.15, 0.2) is 5.78 Å². The Bertz CT molecular complexity index is 999. The molecule has 1 aromatic heterocycles. The van der Waals surface area contributed by atoms with Gasteiger partial charge in [0, 0.05) is 11.1 Å². The van der Waals surface area contributed by atoms with Crippen molar-refractivity contribution in [1.82, 2.24) is 4.98 Å². The molecule has 0 aliphatic heterocycles. The number of carbonyl (C=O) groups excluding carboxylic acids is 1. The molecule has 0 saturated carbocycles. The number of hydrogen-bond acceptors (Lipinski definition) is 3. The third kappa shape index (κ3) is 3.13. The summed E-state index contributed by atoms with van der Waals surface area (Å²) in [6.07, 6.45) is 2.93. The molecule has 4 heteroatoms. The minimum absolute atomic E-state index is 0.212. The first-order valence-electron chi connectivity index (χ1n) is 7.57. The van der Waals surface area contributed by atoms with Crippen LogP contribution in [0.5, 0.6) is 5.75 Å². The number of aryl methyl sites for hydroxylation is 1. The highest BCUT2D eigenvalue weighted by Gasteiger charge is 2.08. The lowest BCUT2D eigenvalue weighted by Gasteiger charge is -2.04. The molecule has 0 aliphatic carbocycles. The van der Waals surface area contributed by atoms with E-state index in [1.54, 1.807) is 30.3 Å². The molecule has 3 aromatic rings. The predicted octanol–water partition coefficient (Wildman–Crippen LogP) is 3.74. The zero-order valence-corrected chi connectivity index (χ0v) is 13.5. The van der Waals surface area contributed by atoms with Gasteiger partial charge in [0.2, 0.25) is 0 Å². The summed E-state index contributed by atoms with van der Waals surface area (Å²) >= 11 is 0. The highest BCUT2D eigenvalue weighted by molar-refractivity contribution is 6.08. The number of ketones is 1. The van der Waals surface area contributed by atoms with Gasteiger partial charge < -0.3 is 9.72 Å². The number of hydrogen-bond donors (Lipinski definition) is 1. The van der Waals surface area contributed by atoms with Crippen molar-refractivity contribution in [2.45, 2.75) is 6.92 Å². The molecule has 0 amide bonds. The summed E-state index contributed by atoms with van der Waals surface area (Å²) < 4.78 is 5.19. The first-order chi connectivity index (χ1) is 11.6.